The number of alkyl halides is 1. The van der Waals surface area contributed by atoms with Crippen molar-refractivity contribution in [2.75, 3.05) is 26.6 Å². The topological polar surface area (TPSA) is 47.6 Å². The third-order valence-electron chi connectivity index (χ3n) is 3.85. The van der Waals surface area contributed by atoms with Crippen LogP contribution in [0.5, 0.6) is 0 Å². The molecule has 0 aromatic rings. The number of terminal acetylenes is 1. The molecular weight excluding hydrogens is 405 g/mol. The van der Waals surface area contributed by atoms with E-state index in [1.807, 2.05) is 19.1 Å². The molecule has 148 valence electrons. The van der Waals surface area contributed by atoms with Crippen molar-refractivity contribution in [3.8, 4) is 12.3 Å². The van der Waals surface area contributed by atoms with Gasteiger partial charge in [0.1, 0.15) is 5.03 Å². The first-order valence-electron chi connectivity index (χ1n) is 8.54. The minimum Gasteiger partial charge on any atom is -0.493 e. The number of rotatable bonds is 10. The quantitative estimate of drug-likeness (QED) is 0.313. The van der Waals surface area contributed by atoms with Gasteiger partial charge in [-0.25, -0.2) is 0 Å². The number of carbonyl (C=O) groups is 1. The van der Waals surface area contributed by atoms with Gasteiger partial charge in [0.2, 0.25) is 5.91 Å². The van der Waals surface area contributed by atoms with E-state index in [1.54, 1.807) is 26.4 Å². The van der Waals surface area contributed by atoms with Gasteiger partial charge in [0.25, 0.3) is 0 Å². The molecule has 1 aliphatic carbocycles. The maximum atomic E-state index is 12.6. The lowest BCUT2D eigenvalue weighted by atomic mass is 9.99. The van der Waals surface area contributed by atoms with Crippen molar-refractivity contribution in [2.45, 2.75) is 25.0 Å². The number of hydrogen-bond acceptors (Lipinski definition) is 4. The zero-order chi connectivity index (χ0) is 20.2. The van der Waals surface area contributed by atoms with Gasteiger partial charge in [-0.1, -0.05) is 30.5 Å². The standard InChI is InChI=1S/C20H25Cl2NO3S/c1-5-15(22)19(8-7-11-21)27-18(6-2)20(24)23-13-14-9-10-16(25-3)17(12-14)26-4/h1,7-8,10,12,14,18H,6,9,11,13H2,2-4H3,(H,23,24)/b8-7-,19-15-. The Kier molecular flexibility index (Phi) is 11.2. The van der Waals surface area contributed by atoms with Crippen LogP contribution in [-0.2, 0) is 14.3 Å². The van der Waals surface area contributed by atoms with Crippen LogP contribution in [0.4, 0.5) is 0 Å². The van der Waals surface area contributed by atoms with Crippen molar-refractivity contribution in [2.24, 2.45) is 5.92 Å². The predicted molar refractivity (Wildman–Crippen MR) is 115 cm³/mol. The van der Waals surface area contributed by atoms with E-state index < -0.39 is 0 Å². The maximum Gasteiger partial charge on any atom is 0.233 e. The summed E-state index contributed by atoms with van der Waals surface area (Å²) in [5, 5.41) is 2.97. The molecule has 0 saturated carbocycles. The highest BCUT2D eigenvalue weighted by Gasteiger charge is 2.22. The van der Waals surface area contributed by atoms with E-state index in [4.69, 9.17) is 39.1 Å². The molecule has 0 heterocycles. The molecule has 2 atom stereocenters. The number of halogens is 2. The molecule has 0 bridgehead atoms. The molecule has 4 nitrogen and oxygen atoms in total. The smallest absolute Gasteiger partial charge is 0.233 e. The number of carbonyl (C=O) groups excluding carboxylic acids is 1. The predicted octanol–water partition coefficient (Wildman–Crippen LogP) is 4.57. The molecule has 0 radical (unpaired) electrons. The SMILES string of the molecule is C#C/C(Cl)=C(\C=C/CCl)SC(CC)C(=O)NCC1C=C(OC)C(OC)=CC1. The lowest BCUT2D eigenvalue weighted by Gasteiger charge is -2.22. The Bertz CT molecular complexity index is 677. The fourth-order valence-corrected chi connectivity index (χ4v) is 3.71. The van der Waals surface area contributed by atoms with Gasteiger partial charge < -0.3 is 14.8 Å². The fourth-order valence-electron chi connectivity index (χ4n) is 2.43. The molecule has 0 aromatic heterocycles. The maximum absolute atomic E-state index is 12.6. The Balaban J connectivity index is 2.72. The van der Waals surface area contributed by atoms with Crippen molar-refractivity contribution in [1.82, 2.24) is 5.32 Å². The van der Waals surface area contributed by atoms with E-state index in [-0.39, 0.29) is 22.1 Å². The van der Waals surface area contributed by atoms with Crippen molar-refractivity contribution >= 4 is 40.9 Å². The Morgan fingerprint density at radius 3 is 2.74 bits per heavy atom. The van der Waals surface area contributed by atoms with Gasteiger partial charge in [0.05, 0.1) is 19.5 Å². The minimum absolute atomic E-state index is 0.0605. The van der Waals surface area contributed by atoms with E-state index in [2.05, 4.69) is 11.2 Å². The van der Waals surface area contributed by atoms with Crippen molar-refractivity contribution < 1.29 is 14.3 Å². The van der Waals surface area contributed by atoms with Crippen LogP contribution < -0.4 is 5.32 Å². The summed E-state index contributed by atoms with van der Waals surface area (Å²) in [6.45, 7) is 2.46. The van der Waals surface area contributed by atoms with Crippen molar-refractivity contribution in [1.29, 1.82) is 0 Å². The molecule has 0 fully saturated rings. The number of allylic oxidation sites excluding steroid dienone is 4. The molecular formula is C20H25Cl2NO3S. The molecule has 1 rings (SSSR count). The Morgan fingerprint density at radius 2 is 2.19 bits per heavy atom. The van der Waals surface area contributed by atoms with E-state index in [1.165, 1.54) is 11.8 Å². The first kappa shape index (κ1) is 23.6. The lowest BCUT2D eigenvalue weighted by Crippen LogP contribution is -2.36. The third-order valence-corrected chi connectivity index (χ3v) is 5.88. The second-order valence-electron chi connectivity index (χ2n) is 5.64. The highest BCUT2D eigenvalue weighted by atomic mass is 35.5. The molecule has 0 aliphatic heterocycles. The fraction of sp³-hybridized carbons (Fsp3) is 0.450. The molecule has 0 saturated heterocycles. The van der Waals surface area contributed by atoms with Gasteiger partial charge in [-0.2, -0.15) is 0 Å². The number of hydrogen-bond donors (Lipinski definition) is 1. The molecule has 2 unspecified atom stereocenters. The number of thioether (sulfide) groups is 1. The van der Waals surface area contributed by atoms with Crippen LogP contribution >= 0.6 is 35.0 Å². The van der Waals surface area contributed by atoms with Crippen LogP contribution in [0.25, 0.3) is 0 Å². The van der Waals surface area contributed by atoms with Gasteiger partial charge in [-0.05, 0) is 31.1 Å². The zero-order valence-electron chi connectivity index (χ0n) is 15.8. The first-order chi connectivity index (χ1) is 13.0. The Morgan fingerprint density at radius 1 is 1.48 bits per heavy atom. The van der Waals surface area contributed by atoms with Crippen LogP contribution in [0, 0.1) is 18.3 Å². The van der Waals surface area contributed by atoms with Gasteiger partial charge in [0, 0.05) is 23.2 Å². The second kappa shape index (κ2) is 12.8. The number of nitrogens with one attached hydrogen (secondary N) is 1. The highest BCUT2D eigenvalue weighted by Crippen LogP contribution is 2.30. The van der Waals surface area contributed by atoms with Gasteiger partial charge in [0.15, 0.2) is 11.5 Å². The molecule has 1 amide bonds. The van der Waals surface area contributed by atoms with E-state index >= 15 is 0 Å². The zero-order valence-corrected chi connectivity index (χ0v) is 18.1. The lowest BCUT2D eigenvalue weighted by molar-refractivity contribution is -0.120. The average molecular weight is 430 g/mol. The van der Waals surface area contributed by atoms with Crippen LogP contribution in [0.2, 0.25) is 0 Å². The number of ether oxygens (including phenoxy) is 2. The summed E-state index contributed by atoms with van der Waals surface area (Å²) in [4.78, 5) is 13.3. The van der Waals surface area contributed by atoms with Crippen LogP contribution in [-0.4, -0.2) is 37.8 Å². The van der Waals surface area contributed by atoms with Crippen LogP contribution in [0.3, 0.4) is 0 Å². The Hall–Kier alpha value is -1.48. The molecule has 27 heavy (non-hydrogen) atoms. The summed E-state index contributed by atoms with van der Waals surface area (Å²) >= 11 is 13.1. The van der Waals surface area contributed by atoms with E-state index in [9.17, 15) is 4.79 Å². The normalized spacial score (nSPS) is 18.7. The number of amides is 1. The van der Waals surface area contributed by atoms with E-state index in [0.29, 0.717) is 35.3 Å². The highest BCUT2D eigenvalue weighted by molar-refractivity contribution is 8.04. The van der Waals surface area contributed by atoms with Gasteiger partial charge in [-0.15, -0.1) is 29.8 Å². The summed E-state index contributed by atoms with van der Waals surface area (Å²) in [5.74, 6) is 4.23. The second-order valence-corrected chi connectivity index (χ2v) is 7.57. The molecule has 1 aliphatic rings. The average Bonchev–Trinajstić information content (AvgIpc) is 2.71. The molecule has 1 N–H and O–H groups in total. The summed E-state index contributed by atoms with van der Waals surface area (Å²) in [6, 6.07) is 0. The minimum atomic E-state index is -0.304. The van der Waals surface area contributed by atoms with Crippen molar-refractivity contribution in [3.63, 3.8) is 0 Å². The van der Waals surface area contributed by atoms with Gasteiger partial charge >= 0.3 is 0 Å². The molecule has 0 aromatic carbocycles. The van der Waals surface area contributed by atoms with E-state index in [0.717, 1.165) is 6.42 Å². The Labute approximate surface area is 176 Å². The summed E-state index contributed by atoms with van der Waals surface area (Å²) in [7, 11) is 3.20. The van der Waals surface area contributed by atoms with Crippen LogP contribution in [0.15, 0.2) is 45.8 Å². The summed E-state index contributed by atoms with van der Waals surface area (Å²) < 4.78 is 10.6. The third kappa shape index (κ3) is 7.57. The van der Waals surface area contributed by atoms with Crippen LogP contribution in [0.1, 0.15) is 19.8 Å². The number of methoxy groups -OCH3 is 2. The van der Waals surface area contributed by atoms with Crippen molar-refractivity contribution in [3.05, 3.63) is 45.8 Å². The monoisotopic (exact) mass is 429 g/mol. The summed E-state index contributed by atoms with van der Waals surface area (Å²) in [5.41, 5.74) is 0. The molecule has 7 heteroatoms. The first-order valence-corrected chi connectivity index (χ1v) is 10.3. The largest absolute Gasteiger partial charge is 0.493 e. The van der Waals surface area contributed by atoms with Gasteiger partial charge in [-0.3, -0.25) is 4.79 Å². The molecule has 0 spiro atoms. The summed E-state index contributed by atoms with van der Waals surface area (Å²) in [6.07, 6.45) is 14.2.